The number of aryl methyl sites for hydroxylation is 1. The second-order valence-corrected chi connectivity index (χ2v) is 3.36. The molecule has 11 heavy (non-hydrogen) atoms. The number of hydrogen-bond acceptors (Lipinski definition) is 1. The van der Waals surface area contributed by atoms with Crippen LogP contribution in [0.1, 0.15) is 23.6 Å². The first-order chi connectivity index (χ1) is 5.42. The SMILES string of the molecule is BrNC1CCc2ccccc21. The summed E-state index contributed by atoms with van der Waals surface area (Å²) in [6.45, 7) is 0. The number of benzene rings is 1. The van der Waals surface area contributed by atoms with Crippen LogP contribution in [-0.2, 0) is 6.42 Å². The average Bonchev–Trinajstić information content (AvgIpc) is 2.47. The Bertz CT molecular complexity index is 259. The molecule has 0 radical (unpaired) electrons. The molecule has 1 N–H and O–H groups in total. The summed E-state index contributed by atoms with van der Waals surface area (Å²) in [4.78, 5) is 0. The van der Waals surface area contributed by atoms with Gasteiger partial charge in [-0.25, -0.2) is 4.34 Å². The van der Waals surface area contributed by atoms with Crippen LogP contribution in [-0.4, -0.2) is 0 Å². The fraction of sp³-hybridized carbons (Fsp3) is 0.333. The zero-order valence-corrected chi connectivity index (χ0v) is 7.76. The summed E-state index contributed by atoms with van der Waals surface area (Å²) in [6.07, 6.45) is 2.42. The van der Waals surface area contributed by atoms with Crippen molar-refractivity contribution >= 4 is 16.1 Å². The Morgan fingerprint density at radius 1 is 1.36 bits per heavy atom. The molecule has 1 aliphatic rings. The quantitative estimate of drug-likeness (QED) is 0.705. The normalized spacial score (nSPS) is 21.7. The maximum Gasteiger partial charge on any atom is 0.0430 e. The molecule has 1 atom stereocenters. The molecule has 1 nitrogen and oxygen atoms in total. The predicted molar refractivity (Wildman–Crippen MR) is 49.6 cm³/mol. The smallest absolute Gasteiger partial charge is 0.0430 e. The zero-order valence-electron chi connectivity index (χ0n) is 6.18. The highest BCUT2D eigenvalue weighted by atomic mass is 79.9. The molecule has 1 aromatic carbocycles. The topological polar surface area (TPSA) is 12.0 Å². The van der Waals surface area contributed by atoms with Gasteiger partial charge in [-0.15, -0.1) is 0 Å². The van der Waals surface area contributed by atoms with Crippen LogP contribution in [0.15, 0.2) is 24.3 Å². The molecule has 0 heterocycles. The molecule has 0 spiro atoms. The lowest BCUT2D eigenvalue weighted by atomic mass is 10.1. The van der Waals surface area contributed by atoms with Gasteiger partial charge < -0.3 is 0 Å². The lowest BCUT2D eigenvalue weighted by Crippen LogP contribution is -2.05. The average molecular weight is 212 g/mol. The first kappa shape index (κ1) is 7.32. The molecule has 2 rings (SSSR count). The predicted octanol–water partition coefficient (Wildman–Crippen LogP) is 2.57. The highest BCUT2D eigenvalue weighted by Gasteiger charge is 2.19. The summed E-state index contributed by atoms with van der Waals surface area (Å²) >= 11 is 3.30. The van der Waals surface area contributed by atoms with Gasteiger partial charge in [0, 0.05) is 22.2 Å². The fourth-order valence-corrected chi connectivity index (χ4v) is 2.15. The standard InChI is InChI=1S/C9H10BrN/c10-11-9-6-5-7-3-1-2-4-8(7)9/h1-4,9,11H,5-6H2. The van der Waals surface area contributed by atoms with E-state index in [0.29, 0.717) is 6.04 Å². The van der Waals surface area contributed by atoms with Crippen LogP contribution in [0, 0.1) is 0 Å². The molecule has 0 aromatic heterocycles. The van der Waals surface area contributed by atoms with Gasteiger partial charge in [0.25, 0.3) is 0 Å². The van der Waals surface area contributed by atoms with Gasteiger partial charge in [-0.2, -0.15) is 0 Å². The largest absolute Gasteiger partial charge is 0.248 e. The molecule has 1 aromatic rings. The lowest BCUT2D eigenvalue weighted by molar-refractivity contribution is 0.675. The summed E-state index contributed by atoms with van der Waals surface area (Å²) in [7, 11) is 0. The van der Waals surface area contributed by atoms with E-state index in [1.54, 1.807) is 0 Å². The minimum Gasteiger partial charge on any atom is -0.248 e. The first-order valence-corrected chi connectivity index (χ1v) is 4.65. The number of hydrogen-bond donors (Lipinski definition) is 1. The van der Waals surface area contributed by atoms with Crippen molar-refractivity contribution in [3.63, 3.8) is 0 Å². The van der Waals surface area contributed by atoms with Crippen LogP contribution in [0.5, 0.6) is 0 Å². The van der Waals surface area contributed by atoms with Crippen molar-refractivity contribution in [3.05, 3.63) is 35.4 Å². The van der Waals surface area contributed by atoms with Crippen molar-refractivity contribution in [1.29, 1.82) is 0 Å². The Hall–Kier alpha value is -0.340. The van der Waals surface area contributed by atoms with E-state index in [0.717, 1.165) is 0 Å². The van der Waals surface area contributed by atoms with E-state index in [-0.39, 0.29) is 0 Å². The Morgan fingerprint density at radius 2 is 2.18 bits per heavy atom. The molecule has 2 heteroatoms. The van der Waals surface area contributed by atoms with Crippen molar-refractivity contribution in [1.82, 2.24) is 4.34 Å². The van der Waals surface area contributed by atoms with Crippen molar-refractivity contribution in [2.24, 2.45) is 0 Å². The van der Waals surface area contributed by atoms with Gasteiger partial charge in [0.15, 0.2) is 0 Å². The van der Waals surface area contributed by atoms with Crippen molar-refractivity contribution in [2.75, 3.05) is 0 Å². The minimum absolute atomic E-state index is 0.520. The summed E-state index contributed by atoms with van der Waals surface area (Å²) in [5.41, 5.74) is 2.94. The van der Waals surface area contributed by atoms with Crippen LogP contribution in [0.2, 0.25) is 0 Å². The minimum atomic E-state index is 0.520. The molecule has 58 valence electrons. The van der Waals surface area contributed by atoms with Gasteiger partial charge in [-0.1, -0.05) is 24.3 Å². The van der Waals surface area contributed by atoms with Gasteiger partial charge in [0.1, 0.15) is 0 Å². The zero-order chi connectivity index (χ0) is 7.68. The van der Waals surface area contributed by atoms with E-state index in [4.69, 9.17) is 0 Å². The molecule has 0 bridgehead atoms. The van der Waals surface area contributed by atoms with Gasteiger partial charge in [-0.3, -0.25) is 0 Å². The molecular weight excluding hydrogens is 202 g/mol. The third-order valence-corrected chi connectivity index (χ3v) is 2.82. The molecule has 0 aliphatic heterocycles. The Morgan fingerprint density at radius 3 is 3.00 bits per heavy atom. The number of halogens is 1. The third kappa shape index (κ3) is 1.21. The van der Waals surface area contributed by atoms with E-state index in [1.807, 2.05) is 0 Å². The van der Waals surface area contributed by atoms with Crippen molar-refractivity contribution in [2.45, 2.75) is 18.9 Å². The summed E-state index contributed by atoms with van der Waals surface area (Å²) in [5.74, 6) is 0. The van der Waals surface area contributed by atoms with Crippen LogP contribution in [0.4, 0.5) is 0 Å². The van der Waals surface area contributed by atoms with Crippen LogP contribution in [0.3, 0.4) is 0 Å². The second-order valence-electron chi connectivity index (χ2n) is 2.90. The van der Waals surface area contributed by atoms with Gasteiger partial charge in [0.2, 0.25) is 0 Å². The summed E-state index contributed by atoms with van der Waals surface area (Å²) in [5, 5.41) is 0. The van der Waals surface area contributed by atoms with E-state index in [9.17, 15) is 0 Å². The maximum atomic E-state index is 3.30. The Kier molecular flexibility index (Phi) is 1.96. The van der Waals surface area contributed by atoms with Gasteiger partial charge in [0.05, 0.1) is 0 Å². The first-order valence-electron chi connectivity index (χ1n) is 3.86. The maximum absolute atomic E-state index is 3.30. The van der Waals surface area contributed by atoms with E-state index >= 15 is 0 Å². The van der Waals surface area contributed by atoms with Crippen LogP contribution >= 0.6 is 16.1 Å². The third-order valence-electron chi connectivity index (χ3n) is 2.26. The highest BCUT2D eigenvalue weighted by molar-refractivity contribution is 9.08. The van der Waals surface area contributed by atoms with Crippen LogP contribution in [0.25, 0.3) is 0 Å². The molecule has 0 amide bonds. The molecular formula is C9H10BrN. The summed E-state index contributed by atoms with van der Waals surface area (Å²) < 4.78 is 3.13. The lowest BCUT2D eigenvalue weighted by Gasteiger charge is -2.06. The highest BCUT2D eigenvalue weighted by Crippen LogP contribution is 2.30. The number of fused-ring (bicyclic) bond motifs is 1. The molecule has 1 unspecified atom stereocenters. The molecule has 0 saturated carbocycles. The fourth-order valence-electron chi connectivity index (χ4n) is 1.67. The van der Waals surface area contributed by atoms with Gasteiger partial charge >= 0.3 is 0 Å². The summed E-state index contributed by atoms with van der Waals surface area (Å²) in [6, 6.07) is 9.13. The number of rotatable bonds is 1. The number of nitrogens with one attached hydrogen (secondary N) is 1. The Balaban J connectivity index is 2.39. The second kappa shape index (κ2) is 2.95. The van der Waals surface area contributed by atoms with Crippen molar-refractivity contribution in [3.8, 4) is 0 Å². The Labute approximate surface area is 75.1 Å². The van der Waals surface area contributed by atoms with Gasteiger partial charge in [-0.05, 0) is 24.0 Å². The molecule has 0 saturated heterocycles. The monoisotopic (exact) mass is 211 g/mol. The van der Waals surface area contributed by atoms with E-state index in [1.165, 1.54) is 24.0 Å². The molecule has 0 fully saturated rings. The van der Waals surface area contributed by atoms with Crippen LogP contribution < -0.4 is 4.34 Å². The van der Waals surface area contributed by atoms with E-state index in [2.05, 4.69) is 44.8 Å². The van der Waals surface area contributed by atoms with E-state index < -0.39 is 0 Å². The van der Waals surface area contributed by atoms with Crippen molar-refractivity contribution < 1.29 is 0 Å². The molecule has 1 aliphatic carbocycles.